The molecule has 0 heterocycles. The largest absolute Gasteiger partial charge is 0.394 e. The molecule has 0 aliphatic carbocycles. The zero-order valence-electron chi connectivity index (χ0n) is 10.2. The van der Waals surface area contributed by atoms with Crippen LogP contribution in [0.2, 0.25) is 10.0 Å². The summed E-state index contributed by atoms with van der Waals surface area (Å²) in [5.41, 5.74) is -0.482. The van der Waals surface area contributed by atoms with Gasteiger partial charge in [-0.05, 0) is 26.0 Å². The number of rotatable bonds is 5. The molecule has 1 aromatic carbocycles. The molecular formula is C12H16Cl2FNO2. The van der Waals surface area contributed by atoms with E-state index in [-0.39, 0.29) is 18.2 Å². The Morgan fingerprint density at radius 2 is 1.89 bits per heavy atom. The third kappa shape index (κ3) is 3.33. The highest BCUT2D eigenvalue weighted by Crippen LogP contribution is 2.33. The molecule has 1 aromatic rings. The van der Waals surface area contributed by atoms with Crippen LogP contribution in [0.15, 0.2) is 12.1 Å². The molecule has 0 amide bonds. The number of hydrogen-bond donors (Lipinski definition) is 3. The molecule has 0 aliphatic heterocycles. The second-order valence-corrected chi connectivity index (χ2v) is 5.28. The van der Waals surface area contributed by atoms with Crippen LogP contribution in [-0.4, -0.2) is 29.0 Å². The molecule has 3 N–H and O–H groups in total. The summed E-state index contributed by atoms with van der Waals surface area (Å²) in [4.78, 5) is 0. The van der Waals surface area contributed by atoms with Gasteiger partial charge in [0.25, 0.3) is 0 Å². The molecule has 0 fully saturated rings. The SMILES string of the molecule is CC(NC(C)(CO)CO)c1c(Cl)ccc(F)c1Cl. The molecule has 1 rings (SSSR count). The molecule has 0 aromatic heterocycles. The first-order valence-corrected chi connectivity index (χ1v) is 6.23. The predicted octanol–water partition coefficient (Wildman–Crippen LogP) is 2.53. The van der Waals surface area contributed by atoms with Crippen molar-refractivity contribution in [3.8, 4) is 0 Å². The van der Waals surface area contributed by atoms with Gasteiger partial charge in [-0.2, -0.15) is 0 Å². The van der Waals surface area contributed by atoms with Gasteiger partial charge in [0, 0.05) is 16.6 Å². The Hall–Kier alpha value is -0.390. The van der Waals surface area contributed by atoms with Gasteiger partial charge in [0.15, 0.2) is 0 Å². The summed E-state index contributed by atoms with van der Waals surface area (Å²) in [6, 6.07) is 2.20. The first-order chi connectivity index (χ1) is 8.34. The van der Waals surface area contributed by atoms with Crippen molar-refractivity contribution in [2.24, 2.45) is 0 Å². The van der Waals surface area contributed by atoms with Crippen LogP contribution in [-0.2, 0) is 0 Å². The average molecular weight is 296 g/mol. The van der Waals surface area contributed by atoms with Crippen LogP contribution in [0.4, 0.5) is 4.39 Å². The minimum atomic E-state index is -0.890. The van der Waals surface area contributed by atoms with Crippen molar-refractivity contribution in [2.75, 3.05) is 13.2 Å². The van der Waals surface area contributed by atoms with Gasteiger partial charge in [-0.25, -0.2) is 4.39 Å². The van der Waals surface area contributed by atoms with Crippen molar-refractivity contribution < 1.29 is 14.6 Å². The summed E-state index contributed by atoms with van der Waals surface area (Å²) in [5, 5.41) is 21.7. The molecule has 0 bridgehead atoms. The lowest BCUT2D eigenvalue weighted by molar-refractivity contribution is 0.0957. The van der Waals surface area contributed by atoms with E-state index in [0.717, 1.165) is 0 Å². The molecule has 1 unspecified atom stereocenters. The fourth-order valence-corrected chi connectivity index (χ4v) is 2.37. The Labute approximate surface area is 116 Å². The molecule has 6 heteroatoms. The number of aliphatic hydroxyl groups excluding tert-OH is 2. The van der Waals surface area contributed by atoms with E-state index in [1.54, 1.807) is 13.8 Å². The molecule has 3 nitrogen and oxygen atoms in total. The van der Waals surface area contributed by atoms with Gasteiger partial charge in [-0.3, -0.25) is 0 Å². The van der Waals surface area contributed by atoms with Crippen molar-refractivity contribution in [2.45, 2.75) is 25.4 Å². The lowest BCUT2D eigenvalue weighted by atomic mass is 10.0. The summed E-state index contributed by atoms with van der Waals surface area (Å²) >= 11 is 11.9. The minimum Gasteiger partial charge on any atom is -0.394 e. The van der Waals surface area contributed by atoms with E-state index in [0.29, 0.717) is 10.6 Å². The van der Waals surface area contributed by atoms with Crippen LogP contribution in [0, 0.1) is 5.82 Å². The number of hydrogen-bond acceptors (Lipinski definition) is 3. The van der Waals surface area contributed by atoms with Crippen LogP contribution in [0.1, 0.15) is 25.5 Å². The van der Waals surface area contributed by atoms with E-state index in [1.807, 2.05) is 0 Å². The van der Waals surface area contributed by atoms with Crippen LogP contribution in [0.25, 0.3) is 0 Å². The summed E-state index contributed by atoms with van der Waals surface area (Å²) in [6.45, 7) is 2.84. The van der Waals surface area contributed by atoms with Crippen molar-refractivity contribution >= 4 is 23.2 Å². The van der Waals surface area contributed by atoms with E-state index >= 15 is 0 Å². The monoisotopic (exact) mass is 295 g/mol. The fourth-order valence-electron chi connectivity index (χ4n) is 1.68. The lowest BCUT2D eigenvalue weighted by Crippen LogP contribution is -2.50. The Bertz CT molecular complexity index is 425. The third-order valence-corrected chi connectivity index (χ3v) is 3.49. The molecular weight excluding hydrogens is 280 g/mol. The second-order valence-electron chi connectivity index (χ2n) is 4.50. The molecule has 0 saturated heterocycles. The van der Waals surface area contributed by atoms with Gasteiger partial charge in [-0.1, -0.05) is 23.2 Å². The second kappa shape index (κ2) is 6.17. The summed E-state index contributed by atoms with van der Waals surface area (Å²) in [5.74, 6) is -0.556. The van der Waals surface area contributed by atoms with Gasteiger partial charge < -0.3 is 15.5 Å². The van der Waals surface area contributed by atoms with Crippen molar-refractivity contribution in [3.05, 3.63) is 33.6 Å². The van der Waals surface area contributed by atoms with E-state index < -0.39 is 17.4 Å². The summed E-state index contributed by atoms with van der Waals surface area (Å²) in [7, 11) is 0. The van der Waals surface area contributed by atoms with Crippen LogP contribution in [0.3, 0.4) is 0 Å². The maximum Gasteiger partial charge on any atom is 0.142 e. The maximum atomic E-state index is 13.4. The van der Waals surface area contributed by atoms with E-state index in [2.05, 4.69) is 5.32 Å². The van der Waals surface area contributed by atoms with Crippen molar-refractivity contribution in [3.63, 3.8) is 0 Å². The quantitative estimate of drug-likeness (QED) is 0.732. The number of halogens is 3. The van der Waals surface area contributed by atoms with Crippen LogP contribution < -0.4 is 5.32 Å². The third-order valence-electron chi connectivity index (χ3n) is 2.78. The Kier molecular flexibility index (Phi) is 5.37. The Morgan fingerprint density at radius 3 is 2.39 bits per heavy atom. The molecule has 0 saturated carbocycles. The Morgan fingerprint density at radius 1 is 1.33 bits per heavy atom. The predicted molar refractivity (Wildman–Crippen MR) is 70.5 cm³/mol. The molecule has 0 aliphatic rings. The highest BCUT2D eigenvalue weighted by atomic mass is 35.5. The topological polar surface area (TPSA) is 52.5 Å². The minimum absolute atomic E-state index is 0.0549. The normalized spacial score (nSPS) is 13.7. The van der Waals surface area contributed by atoms with Crippen molar-refractivity contribution in [1.29, 1.82) is 0 Å². The highest BCUT2D eigenvalue weighted by Gasteiger charge is 2.27. The van der Waals surface area contributed by atoms with E-state index in [4.69, 9.17) is 23.2 Å². The molecule has 1 atom stereocenters. The average Bonchev–Trinajstić information content (AvgIpc) is 2.34. The van der Waals surface area contributed by atoms with Crippen molar-refractivity contribution in [1.82, 2.24) is 5.32 Å². The first-order valence-electron chi connectivity index (χ1n) is 5.47. The standard InChI is InChI=1S/C12H16Cl2FNO2/c1-7(16-12(2,5-17)6-18)10-8(13)3-4-9(15)11(10)14/h3-4,7,16-18H,5-6H2,1-2H3. The van der Waals surface area contributed by atoms with Gasteiger partial charge in [0.2, 0.25) is 0 Å². The van der Waals surface area contributed by atoms with Gasteiger partial charge in [-0.15, -0.1) is 0 Å². The fraction of sp³-hybridized carbons (Fsp3) is 0.500. The highest BCUT2D eigenvalue weighted by molar-refractivity contribution is 6.36. The number of aliphatic hydroxyl groups is 2. The molecule has 0 radical (unpaired) electrons. The first kappa shape index (κ1) is 15.7. The van der Waals surface area contributed by atoms with Gasteiger partial charge >= 0.3 is 0 Å². The van der Waals surface area contributed by atoms with E-state index in [1.165, 1.54) is 12.1 Å². The maximum absolute atomic E-state index is 13.4. The number of benzene rings is 1. The van der Waals surface area contributed by atoms with Gasteiger partial charge in [0.05, 0.1) is 23.8 Å². The zero-order chi connectivity index (χ0) is 13.9. The van der Waals surface area contributed by atoms with Crippen LogP contribution in [0.5, 0.6) is 0 Å². The lowest BCUT2D eigenvalue weighted by Gasteiger charge is -2.31. The molecule has 102 valence electrons. The number of nitrogens with one attached hydrogen (secondary N) is 1. The van der Waals surface area contributed by atoms with Gasteiger partial charge in [0.1, 0.15) is 5.82 Å². The summed E-state index contributed by atoms with van der Waals surface area (Å²) < 4.78 is 13.4. The van der Waals surface area contributed by atoms with E-state index in [9.17, 15) is 14.6 Å². The smallest absolute Gasteiger partial charge is 0.142 e. The molecule has 18 heavy (non-hydrogen) atoms. The Balaban J connectivity index is 3.04. The van der Waals surface area contributed by atoms with Crippen LogP contribution >= 0.6 is 23.2 Å². The zero-order valence-corrected chi connectivity index (χ0v) is 11.7. The molecule has 0 spiro atoms. The summed E-state index contributed by atoms with van der Waals surface area (Å²) in [6.07, 6.45) is 0.